The van der Waals surface area contributed by atoms with E-state index in [0.29, 0.717) is 36.2 Å². The molecule has 0 fully saturated rings. The van der Waals surface area contributed by atoms with Crippen molar-refractivity contribution in [1.82, 2.24) is 0 Å². The molecule has 0 saturated heterocycles. The summed E-state index contributed by atoms with van der Waals surface area (Å²) in [5.41, 5.74) is 7.55. The number of carbonyl (C=O) groups is 1. The number of carbonyl (C=O) groups excluding carboxylic acids is 1. The van der Waals surface area contributed by atoms with E-state index in [1.165, 1.54) is 0 Å². The maximum Gasteiger partial charge on any atom is 0.317 e. The zero-order valence-corrected chi connectivity index (χ0v) is 13.6. The Morgan fingerprint density at radius 3 is 2.50 bits per heavy atom. The maximum atomic E-state index is 12.4. The Bertz CT molecular complexity index is 763. The number of ether oxygens (including phenoxy) is 1. The van der Waals surface area contributed by atoms with Crippen molar-refractivity contribution in [3.05, 3.63) is 62.9 Å². The number of ketones is 1. The van der Waals surface area contributed by atoms with E-state index >= 15 is 0 Å². The molecule has 7 nitrogen and oxygen atoms in total. The van der Waals surface area contributed by atoms with Crippen LogP contribution < -0.4 is 10.6 Å². The van der Waals surface area contributed by atoms with E-state index in [0.717, 1.165) is 5.69 Å². The SMILES string of the molecule is CN(C)c1ccc(C2C3=C(CCCC3=O)OC(N)=C2[N+](=O)[O-])cc1. The first-order chi connectivity index (χ1) is 11.4. The van der Waals surface area contributed by atoms with Crippen molar-refractivity contribution in [2.24, 2.45) is 5.73 Å². The van der Waals surface area contributed by atoms with Gasteiger partial charge in [-0.15, -0.1) is 0 Å². The van der Waals surface area contributed by atoms with Crippen LogP contribution in [0.4, 0.5) is 5.69 Å². The summed E-state index contributed by atoms with van der Waals surface area (Å²) in [6.07, 6.45) is 1.61. The van der Waals surface area contributed by atoms with E-state index < -0.39 is 10.8 Å². The molecule has 2 N–H and O–H groups in total. The van der Waals surface area contributed by atoms with Crippen molar-refractivity contribution in [2.45, 2.75) is 25.2 Å². The molecule has 0 radical (unpaired) electrons. The van der Waals surface area contributed by atoms with Crippen LogP contribution in [0.1, 0.15) is 30.7 Å². The molecule has 1 aromatic rings. The van der Waals surface area contributed by atoms with Crippen molar-refractivity contribution < 1.29 is 14.5 Å². The van der Waals surface area contributed by atoms with Gasteiger partial charge >= 0.3 is 5.70 Å². The molecule has 1 aliphatic heterocycles. The van der Waals surface area contributed by atoms with Gasteiger partial charge in [0.2, 0.25) is 0 Å². The fourth-order valence-corrected chi connectivity index (χ4v) is 3.21. The third kappa shape index (κ3) is 2.62. The molecule has 2 aliphatic rings. The van der Waals surface area contributed by atoms with E-state index in [1.807, 2.05) is 31.1 Å². The summed E-state index contributed by atoms with van der Waals surface area (Å²) in [5.74, 6) is -0.649. The van der Waals surface area contributed by atoms with Gasteiger partial charge in [0, 0.05) is 32.6 Å². The predicted octanol–water partition coefficient (Wildman–Crippen LogP) is 2.28. The Kier molecular flexibility index (Phi) is 4.01. The molecule has 1 heterocycles. The van der Waals surface area contributed by atoms with Gasteiger partial charge in [-0.1, -0.05) is 12.1 Å². The minimum absolute atomic E-state index is 0.107. The molecule has 1 aromatic carbocycles. The van der Waals surface area contributed by atoms with Crippen LogP contribution in [0.2, 0.25) is 0 Å². The van der Waals surface area contributed by atoms with Crippen LogP contribution in [0.25, 0.3) is 0 Å². The minimum atomic E-state index is -0.784. The Balaban J connectivity index is 2.14. The number of anilines is 1. The number of hydrogen-bond donors (Lipinski definition) is 1. The number of benzene rings is 1. The van der Waals surface area contributed by atoms with Gasteiger partial charge in [0.15, 0.2) is 5.78 Å². The Hall–Kier alpha value is -2.83. The van der Waals surface area contributed by atoms with Crippen LogP contribution >= 0.6 is 0 Å². The molecule has 0 bridgehead atoms. The smallest absolute Gasteiger partial charge is 0.317 e. The van der Waals surface area contributed by atoms with Crippen LogP contribution in [0.3, 0.4) is 0 Å². The van der Waals surface area contributed by atoms with Gasteiger partial charge in [-0.25, -0.2) is 0 Å². The Morgan fingerprint density at radius 1 is 1.25 bits per heavy atom. The summed E-state index contributed by atoms with van der Waals surface area (Å²) in [6, 6.07) is 7.33. The quantitative estimate of drug-likeness (QED) is 0.675. The average molecular weight is 329 g/mol. The molecule has 7 heteroatoms. The van der Waals surface area contributed by atoms with Gasteiger partial charge in [0.25, 0.3) is 5.88 Å². The number of Topliss-reactive ketones (excluding diaryl/α,β-unsaturated/α-hetero) is 1. The molecule has 126 valence electrons. The average Bonchev–Trinajstić information content (AvgIpc) is 2.53. The van der Waals surface area contributed by atoms with Gasteiger partial charge in [-0.05, 0) is 24.1 Å². The molecule has 0 aromatic heterocycles. The van der Waals surface area contributed by atoms with Gasteiger partial charge in [-0.3, -0.25) is 14.9 Å². The maximum absolute atomic E-state index is 12.4. The molecule has 1 atom stereocenters. The fourth-order valence-electron chi connectivity index (χ4n) is 3.21. The lowest BCUT2D eigenvalue weighted by Crippen LogP contribution is -2.30. The van der Waals surface area contributed by atoms with Crippen molar-refractivity contribution in [2.75, 3.05) is 19.0 Å². The number of hydrogen-bond acceptors (Lipinski definition) is 6. The van der Waals surface area contributed by atoms with Gasteiger partial charge in [0.1, 0.15) is 11.7 Å². The molecular formula is C17H19N3O4. The number of rotatable bonds is 3. The summed E-state index contributed by atoms with van der Waals surface area (Å²) in [5, 5.41) is 11.6. The number of nitrogens with two attached hydrogens (primary N) is 1. The molecule has 0 saturated carbocycles. The molecule has 1 aliphatic carbocycles. The van der Waals surface area contributed by atoms with Crippen molar-refractivity contribution >= 4 is 11.5 Å². The van der Waals surface area contributed by atoms with Crippen LogP contribution in [-0.2, 0) is 9.53 Å². The molecule has 1 unspecified atom stereocenters. The van der Waals surface area contributed by atoms with E-state index in [1.54, 1.807) is 12.1 Å². The number of nitro groups is 1. The summed E-state index contributed by atoms with van der Waals surface area (Å²) >= 11 is 0. The summed E-state index contributed by atoms with van der Waals surface area (Å²) < 4.78 is 5.41. The van der Waals surface area contributed by atoms with Gasteiger partial charge < -0.3 is 15.4 Å². The van der Waals surface area contributed by atoms with E-state index in [2.05, 4.69) is 0 Å². The van der Waals surface area contributed by atoms with E-state index in [4.69, 9.17) is 10.5 Å². The third-order valence-corrected chi connectivity index (χ3v) is 4.40. The van der Waals surface area contributed by atoms with Crippen molar-refractivity contribution in [3.63, 3.8) is 0 Å². The number of nitrogens with zero attached hydrogens (tertiary/aromatic N) is 2. The molecular weight excluding hydrogens is 310 g/mol. The lowest BCUT2D eigenvalue weighted by atomic mass is 9.79. The Labute approximate surface area is 139 Å². The minimum Gasteiger partial charge on any atom is -0.440 e. The van der Waals surface area contributed by atoms with Gasteiger partial charge in [0.05, 0.1) is 10.5 Å². The second-order valence-corrected chi connectivity index (χ2v) is 6.14. The lowest BCUT2D eigenvalue weighted by molar-refractivity contribution is -0.433. The van der Waals surface area contributed by atoms with Crippen LogP contribution in [-0.4, -0.2) is 24.8 Å². The van der Waals surface area contributed by atoms with Crippen LogP contribution in [0.15, 0.2) is 47.2 Å². The molecule has 24 heavy (non-hydrogen) atoms. The molecule has 0 amide bonds. The van der Waals surface area contributed by atoms with Crippen LogP contribution in [0, 0.1) is 10.1 Å². The topological polar surface area (TPSA) is 98.7 Å². The highest BCUT2D eigenvalue weighted by Gasteiger charge is 2.44. The summed E-state index contributed by atoms with van der Waals surface area (Å²) in [6.45, 7) is 0. The number of allylic oxidation sites excluding steroid dienone is 2. The second-order valence-electron chi connectivity index (χ2n) is 6.14. The van der Waals surface area contributed by atoms with Gasteiger partial charge in [-0.2, -0.15) is 0 Å². The highest BCUT2D eigenvalue weighted by atomic mass is 16.6. The normalized spacial score (nSPS) is 20.6. The monoisotopic (exact) mass is 329 g/mol. The zero-order valence-electron chi connectivity index (χ0n) is 13.6. The molecule has 3 rings (SSSR count). The first kappa shape index (κ1) is 16.0. The summed E-state index contributed by atoms with van der Waals surface area (Å²) in [7, 11) is 3.82. The van der Waals surface area contributed by atoms with Crippen molar-refractivity contribution in [3.8, 4) is 0 Å². The highest BCUT2D eigenvalue weighted by Crippen LogP contribution is 2.43. The fraction of sp³-hybridized carbons (Fsp3) is 0.353. The standard InChI is InChI=1S/C17H19N3O4/c1-19(2)11-8-6-10(7-9-11)14-15-12(21)4-3-5-13(15)24-17(18)16(14)20(22)23/h6-9,14H,3-5,18H2,1-2H3. The summed E-state index contributed by atoms with van der Waals surface area (Å²) in [4.78, 5) is 25.4. The molecule has 0 spiro atoms. The van der Waals surface area contributed by atoms with Crippen LogP contribution in [0.5, 0.6) is 0 Å². The Morgan fingerprint density at radius 2 is 1.92 bits per heavy atom. The predicted molar refractivity (Wildman–Crippen MR) is 88.7 cm³/mol. The first-order valence-corrected chi connectivity index (χ1v) is 7.75. The third-order valence-electron chi connectivity index (χ3n) is 4.40. The zero-order chi connectivity index (χ0) is 17.4. The first-order valence-electron chi connectivity index (χ1n) is 7.75. The van der Waals surface area contributed by atoms with E-state index in [-0.39, 0.29) is 17.4 Å². The highest BCUT2D eigenvalue weighted by molar-refractivity contribution is 5.99. The van der Waals surface area contributed by atoms with Crippen molar-refractivity contribution in [1.29, 1.82) is 0 Å². The van der Waals surface area contributed by atoms with E-state index in [9.17, 15) is 14.9 Å². The lowest BCUT2D eigenvalue weighted by Gasteiger charge is -2.29. The largest absolute Gasteiger partial charge is 0.440 e. The second kappa shape index (κ2) is 5.99.